The van der Waals surface area contributed by atoms with Gasteiger partial charge in [0, 0.05) is 18.5 Å². The first-order valence-corrected chi connectivity index (χ1v) is 10.5. The molecule has 0 amide bonds. The molecule has 2 aromatic rings. The second-order valence-electron chi connectivity index (χ2n) is 6.77. The molecule has 0 aliphatic carbocycles. The Kier molecular flexibility index (Phi) is 10.1. The minimum Gasteiger partial charge on any atom is -0.497 e. The van der Waals surface area contributed by atoms with Crippen LogP contribution in [0.1, 0.15) is 35.7 Å². The van der Waals surface area contributed by atoms with Gasteiger partial charge in [-0.15, -0.1) is 35.3 Å². The number of hydrogen-bond donors (Lipinski definition) is 2. The van der Waals surface area contributed by atoms with E-state index in [2.05, 4.69) is 62.3 Å². The molecular formula is C21H31IN4OS. The summed E-state index contributed by atoms with van der Waals surface area (Å²) in [7, 11) is 3.54. The van der Waals surface area contributed by atoms with Crippen LogP contribution >= 0.6 is 35.3 Å². The molecule has 1 aromatic heterocycles. The highest BCUT2D eigenvalue weighted by atomic mass is 127. The number of guanidine groups is 1. The van der Waals surface area contributed by atoms with Crippen LogP contribution in [0.5, 0.6) is 5.75 Å². The van der Waals surface area contributed by atoms with Gasteiger partial charge < -0.3 is 15.4 Å². The molecule has 0 spiro atoms. The summed E-state index contributed by atoms with van der Waals surface area (Å²) < 4.78 is 5.32. The standard InChI is InChI=1S/C21H30N4OS.HI/c1-22-21(23-15-19-7-6-14-27-19)24-16-20(25-12-4-3-5-13-25)17-8-10-18(26-2)11-9-17;/h6-11,14,20H,3-5,12-13,15-16H2,1-2H3,(H2,22,23,24);1H. The molecule has 154 valence electrons. The van der Waals surface area contributed by atoms with Crippen molar-refractivity contribution in [3.05, 3.63) is 52.2 Å². The first-order valence-electron chi connectivity index (χ1n) is 9.65. The second-order valence-corrected chi connectivity index (χ2v) is 7.80. The van der Waals surface area contributed by atoms with Crippen LogP contribution in [0.4, 0.5) is 0 Å². The lowest BCUT2D eigenvalue weighted by Crippen LogP contribution is -2.44. The minimum atomic E-state index is 0. The summed E-state index contributed by atoms with van der Waals surface area (Å²) in [5.41, 5.74) is 1.32. The van der Waals surface area contributed by atoms with Crippen molar-refractivity contribution < 1.29 is 4.74 Å². The zero-order valence-electron chi connectivity index (χ0n) is 16.7. The molecule has 1 atom stereocenters. The predicted molar refractivity (Wildman–Crippen MR) is 129 cm³/mol. The summed E-state index contributed by atoms with van der Waals surface area (Å²) in [6, 6.07) is 13.0. The zero-order chi connectivity index (χ0) is 18.9. The lowest BCUT2D eigenvalue weighted by Gasteiger charge is -2.35. The molecule has 0 saturated carbocycles. The van der Waals surface area contributed by atoms with E-state index < -0.39 is 0 Å². The number of hydrogen-bond acceptors (Lipinski definition) is 4. The first-order chi connectivity index (χ1) is 13.3. The number of halogens is 1. The van der Waals surface area contributed by atoms with E-state index in [9.17, 15) is 0 Å². The van der Waals surface area contributed by atoms with Crippen LogP contribution in [-0.2, 0) is 6.54 Å². The van der Waals surface area contributed by atoms with Crippen molar-refractivity contribution in [2.45, 2.75) is 31.8 Å². The van der Waals surface area contributed by atoms with Crippen molar-refractivity contribution in [1.82, 2.24) is 15.5 Å². The SMILES string of the molecule is CN=C(NCc1cccs1)NCC(c1ccc(OC)cc1)N1CCCCC1.I. The van der Waals surface area contributed by atoms with Gasteiger partial charge in [0.15, 0.2) is 5.96 Å². The van der Waals surface area contributed by atoms with Crippen LogP contribution in [0, 0.1) is 0 Å². The van der Waals surface area contributed by atoms with Crippen LogP contribution in [0.3, 0.4) is 0 Å². The van der Waals surface area contributed by atoms with Crippen LogP contribution in [-0.4, -0.2) is 44.7 Å². The van der Waals surface area contributed by atoms with E-state index in [4.69, 9.17) is 4.74 Å². The molecule has 5 nitrogen and oxygen atoms in total. The molecule has 2 N–H and O–H groups in total. The molecule has 1 aliphatic rings. The number of piperidine rings is 1. The Bertz CT molecular complexity index is 700. The third kappa shape index (κ3) is 6.63. The maximum atomic E-state index is 5.32. The molecule has 1 aliphatic heterocycles. The largest absolute Gasteiger partial charge is 0.497 e. The zero-order valence-corrected chi connectivity index (χ0v) is 19.8. The van der Waals surface area contributed by atoms with Crippen molar-refractivity contribution in [2.75, 3.05) is 33.8 Å². The lowest BCUT2D eigenvalue weighted by molar-refractivity contribution is 0.164. The normalized spacial score (nSPS) is 16.1. The average molecular weight is 514 g/mol. The van der Waals surface area contributed by atoms with Crippen molar-refractivity contribution in [3.63, 3.8) is 0 Å². The van der Waals surface area contributed by atoms with Crippen molar-refractivity contribution in [2.24, 2.45) is 4.99 Å². The summed E-state index contributed by atoms with van der Waals surface area (Å²) in [5, 5.41) is 9.04. The Labute approximate surface area is 189 Å². The summed E-state index contributed by atoms with van der Waals surface area (Å²) in [4.78, 5) is 8.28. The summed E-state index contributed by atoms with van der Waals surface area (Å²) >= 11 is 1.76. The number of likely N-dealkylation sites (tertiary alicyclic amines) is 1. The molecule has 1 saturated heterocycles. The summed E-state index contributed by atoms with van der Waals surface area (Å²) in [6.07, 6.45) is 3.89. The fraction of sp³-hybridized carbons (Fsp3) is 0.476. The van der Waals surface area contributed by atoms with Crippen LogP contribution in [0.15, 0.2) is 46.8 Å². The molecule has 1 fully saturated rings. The number of ether oxygens (including phenoxy) is 1. The summed E-state index contributed by atoms with van der Waals surface area (Å²) in [6.45, 7) is 3.93. The third-order valence-corrected chi connectivity index (χ3v) is 5.91. The fourth-order valence-electron chi connectivity index (χ4n) is 3.51. The highest BCUT2D eigenvalue weighted by molar-refractivity contribution is 14.0. The molecular weight excluding hydrogens is 483 g/mol. The molecule has 1 unspecified atom stereocenters. The van der Waals surface area contributed by atoms with Gasteiger partial charge in [0.05, 0.1) is 19.7 Å². The van der Waals surface area contributed by atoms with Crippen molar-refractivity contribution in [3.8, 4) is 5.75 Å². The number of rotatable bonds is 7. The van der Waals surface area contributed by atoms with Crippen molar-refractivity contribution >= 4 is 41.3 Å². The van der Waals surface area contributed by atoms with Gasteiger partial charge in [0.1, 0.15) is 5.75 Å². The van der Waals surface area contributed by atoms with Gasteiger partial charge in [-0.05, 0) is 55.1 Å². The summed E-state index contributed by atoms with van der Waals surface area (Å²) in [5.74, 6) is 1.75. The van der Waals surface area contributed by atoms with Gasteiger partial charge >= 0.3 is 0 Å². The molecule has 0 bridgehead atoms. The Morgan fingerprint density at radius 1 is 1.14 bits per heavy atom. The van der Waals surface area contributed by atoms with Gasteiger partial charge in [-0.1, -0.05) is 24.6 Å². The third-order valence-electron chi connectivity index (χ3n) is 5.03. The number of benzene rings is 1. The maximum absolute atomic E-state index is 5.32. The van der Waals surface area contributed by atoms with Gasteiger partial charge in [0.2, 0.25) is 0 Å². The van der Waals surface area contributed by atoms with E-state index in [1.807, 2.05) is 7.05 Å². The van der Waals surface area contributed by atoms with E-state index in [1.165, 1.54) is 29.7 Å². The van der Waals surface area contributed by atoms with Gasteiger partial charge in [-0.25, -0.2) is 0 Å². The Hall–Kier alpha value is -1.32. The van der Waals surface area contributed by atoms with E-state index in [-0.39, 0.29) is 24.0 Å². The number of thiophene rings is 1. The highest BCUT2D eigenvalue weighted by Gasteiger charge is 2.22. The fourth-order valence-corrected chi connectivity index (χ4v) is 4.16. The number of nitrogens with one attached hydrogen (secondary N) is 2. The smallest absolute Gasteiger partial charge is 0.191 e. The monoisotopic (exact) mass is 514 g/mol. The predicted octanol–water partition coefficient (Wildman–Crippen LogP) is 4.27. The number of methoxy groups -OCH3 is 1. The first kappa shape index (κ1) is 23.0. The minimum absolute atomic E-state index is 0. The van der Waals surface area contributed by atoms with Gasteiger partial charge in [-0.3, -0.25) is 9.89 Å². The number of aliphatic imine (C=N–C) groups is 1. The van der Waals surface area contributed by atoms with E-state index in [0.717, 1.165) is 37.9 Å². The molecule has 7 heteroatoms. The maximum Gasteiger partial charge on any atom is 0.191 e. The lowest BCUT2D eigenvalue weighted by atomic mass is 10.0. The van der Waals surface area contributed by atoms with Gasteiger partial charge in [0.25, 0.3) is 0 Å². The Balaban J connectivity index is 0.00000280. The molecule has 28 heavy (non-hydrogen) atoms. The van der Waals surface area contributed by atoms with Crippen LogP contribution in [0.2, 0.25) is 0 Å². The van der Waals surface area contributed by atoms with Crippen LogP contribution < -0.4 is 15.4 Å². The van der Waals surface area contributed by atoms with E-state index >= 15 is 0 Å². The quantitative estimate of drug-likeness (QED) is 0.329. The highest BCUT2D eigenvalue weighted by Crippen LogP contribution is 2.25. The number of nitrogens with zero attached hydrogens (tertiary/aromatic N) is 2. The average Bonchev–Trinajstić information content (AvgIpc) is 3.25. The molecule has 3 rings (SSSR count). The van der Waals surface area contributed by atoms with Gasteiger partial charge in [-0.2, -0.15) is 0 Å². The van der Waals surface area contributed by atoms with Crippen molar-refractivity contribution in [1.29, 1.82) is 0 Å². The Morgan fingerprint density at radius 2 is 1.89 bits per heavy atom. The topological polar surface area (TPSA) is 48.9 Å². The van der Waals surface area contributed by atoms with Crippen LogP contribution in [0.25, 0.3) is 0 Å². The second kappa shape index (κ2) is 12.3. The molecule has 1 aromatic carbocycles. The van der Waals surface area contributed by atoms with E-state index in [0.29, 0.717) is 6.04 Å². The molecule has 0 radical (unpaired) electrons. The Morgan fingerprint density at radius 3 is 2.50 bits per heavy atom. The van der Waals surface area contributed by atoms with E-state index in [1.54, 1.807) is 18.4 Å². The molecule has 2 heterocycles.